The van der Waals surface area contributed by atoms with Crippen molar-refractivity contribution in [2.45, 2.75) is 32.9 Å². The van der Waals surface area contributed by atoms with Gasteiger partial charge in [0.05, 0.1) is 0 Å². The predicted molar refractivity (Wildman–Crippen MR) is 116 cm³/mol. The van der Waals surface area contributed by atoms with E-state index < -0.39 is 24.0 Å². The SMILES string of the molecule is Cc1[nH]c2ccccc2c1C(=O)[C@@H](C)OC(=O)[C@H](C)NC(=O)/C=C/c1ccccc1. The number of fused-ring (bicyclic) bond motifs is 1. The third kappa shape index (κ3) is 4.84. The summed E-state index contributed by atoms with van der Waals surface area (Å²) in [5, 5.41) is 3.34. The Morgan fingerprint density at radius 3 is 2.40 bits per heavy atom. The van der Waals surface area contributed by atoms with Crippen molar-refractivity contribution in [3.8, 4) is 0 Å². The van der Waals surface area contributed by atoms with E-state index in [1.54, 1.807) is 6.08 Å². The third-order valence-corrected chi connectivity index (χ3v) is 4.74. The Morgan fingerprint density at radius 2 is 1.67 bits per heavy atom. The van der Waals surface area contributed by atoms with Gasteiger partial charge in [-0.2, -0.15) is 0 Å². The minimum absolute atomic E-state index is 0.291. The molecule has 1 aromatic heterocycles. The molecule has 2 aromatic carbocycles. The van der Waals surface area contributed by atoms with Gasteiger partial charge in [0.15, 0.2) is 6.10 Å². The molecule has 2 N–H and O–H groups in total. The molecule has 3 aromatic rings. The highest BCUT2D eigenvalue weighted by molar-refractivity contribution is 6.11. The molecule has 2 atom stereocenters. The van der Waals surface area contributed by atoms with Crippen LogP contribution in [0.2, 0.25) is 0 Å². The van der Waals surface area contributed by atoms with Crippen molar-refractivity contribution in [3.05, 3.63) is 77.5 Å². The van der Waals surface area contributed by atoms with E-state index in [1.165, 1.54) is 19.9 Å². The highest BCUT2D eigenvalue weighted by Gasteiger charge is 2.26. The number of H-pyrrole nitrogens is 1. The number of nitrogens with one attached hydrogen (secondary N) is 2. The third-order valence-electron chi connectivity index (χ3n) is 4.74. The number of aromatic amines is 1. The molecule has 0 fully saturated rings. The molecule has 0 radical (unpaired) electrons. The van der Waals surface area contributed by atoms with E-state index >= 15 is 0 Å². The first kappa shape index (κ1) is 21.0. The minimum Gasteiger partial charge on any atom is -0.453 e. The van der Waals surface area contributed by atoms with Crippen LogP contribution in [0.25, 0.3) is 17.0 Å². The second kappa shape index (κ2) is 9.22. The van der Waals surface area contributed by atoms with Crippen LogP contribution in [0.15, 0.2) is 60.7 Å². The van der Waals surface area contributed by atoms with Crippen LogP contribution in [0.5, 0.6) is 0 Å². The fraction of sp³-hybridized carbons (Fsp3) is 0.208. The Hall–Kier alpha value is -3.67. The molecule has 0 spiro atoms. The van der Waals surface area contributed by atoms with Gasteiger partial charge < -0.3 is 15.0 Å². The van der Waals surface area contributed by atoms with Gasteiger partial charge in [-0.1, -0.05) is 48.5 Å². The Morgan fingerprint density at radius 1 is 1.00 bits per heavy atom. The predicted octanol–water partition coefficient (Wildman–Crippen LogP) is 3.81. The topological polar surface area (TPSA) is 88.3 Å². The summed E-state index contributed by atoms with van der Waals surface area (Å²) in [6.07, 6.45) is 2.03. The lowest BCUT2D eigenvalue weighted by Crippen LogP contribution is -2.41. The Labute approximate surface area is 174 Å². The number of ether oxygens (including phenoxy) is 1. The van der Waals surface area contributed by atoms with Crippen LogP contribution in [0.4, 0.5) is 0 Å². The van der Waals surface area contributed by atoms with Gasteiger partial charge in [0.1, 0.15) is 6.04 Å². The summed E-state index contributed by atoms with van der Waals surface area (Å²) < 4.78 is 5.32. The molecule has 0 saturated carbocycles. The van der Waals surface area contributed by atoms with Crippen LogP contribution in [0.1, 0.15) is 35.5 Å². The molecular weight excluding hydrogens is 380 g/mol. The van der Waals surface area contributed by atoms with Gasteiger partial charge in [-0.25, -0.2) is 4.79 Å². The van der Waals surface area contributed by atoms with Crippen molar-refractivity contribution in [1.29, 1.82) is 0 Å². The van der Waals surface area contributed by atoms with Gasteiger partial charge in [-0.3, -0.25) is 9.59 Å². The van der Waals surface area contributed by atoms with Crippen LogP contribution in [0.3, 0.4) is 0 Å². The molecule has 0 saturated heterocycles. The van der Waals surface area contributed by atoms with E-state index in [4.69, 9.17) is 4.74 Å². The van der Waals surface area contributed by atoms with E-state index in [9.17, 15) is 14.4 Å². The highest BCUT2D eigenvalue weighted by Crippen LogP contribution is 2.23. The first-order valence-corrected chi connectivity index (χ1v) is 9.72. The van der Waals surface area contributed by atoms with Crippen LogP contribution in [-0.2, 0) is 14.3 Å². The average molecular weight is 404 g/mol. The lowest BCUT2D eigenvalue weighted by Gasteiger charge is -2.16. The fourth-order valence-electron chi connectivity index (χ4n) is 3.18. The van der Waals surface area contributed by atoms with Crippen LogP contribution in [0, 0.1) is 6.92 Å². The monoisotopic (exact) mass is 404 g/mol. The number of Topliss-reactive ketones (excluding diaryl/α,β-unsaturated/α-hetero) is 1. The van der Waals surface area contributed by atoms with Crippen LogP contribution >= 0.6 is 0 Å². The second-order valence-electron chi connectivity index (χ2n) is 7.09. The van der Waals surface area contributed by atoms with Crippen molar-refractivity contribution in [2.75, 3.05) is 0 Å². The summed E-state index contributed by atoms with van der Waals surface area (Å²) in [4.78, 5) is 40.5. The normalized spacial score (nSPS) is 13.2. The maximum atomic E-state index is 12.9. The standard InChI is InChI=1S/C24H24N2O4/c1-15-22(19-11-7-8-12-20(19)25-15)23(28)17(3)30-24(29)16(2)26-21(27)14-13-18-9-5-4-6-10-18/h4-14,16-17,25H,1-3H3,(H,26,27)/b14-13+/t16-,17+/m0/s1. The number of hydrogen-bond acceptors (Lipinski definition) is 4. The van der Waals surface area contributed by atoms with E-state index in [2.05, 4.69) is 10.3 Å². The van der Waals surface area contributed by atoms with Crippen molar-refractivity contribution in [3.63, 3.8) is 0 Å². The summed E-state index contributed by atoms with van der Waals surface area (Å²) >= 11 is 0. The van der Waals surface area contributed by atoms with Gasteiger partial charge in [0.25, 0.3) is 0 Å². The number of aromatic nitrogens is 1. The molecular formula is C24H24N2O4. The van der Waals surface area contributed by atoms with E-state index in [-0.39, 0.29) is 5.78 Å². The molecule has 1 amide bonds. The number of rotatable bonds is 7. The largest absolute Gasteiger partial charge is 0.453 e. The second-order valence-corrected chi connectivity index (χ2v) is 7.09. The fourth-order valence-corrected chi connectivity index (χ4v) is 3.18. The lowest BCUT2D eigenvalue weighted by atomic mass is 10.0. The Kier molecular flexibility index (Phi) is 6.47. The van der Waals surface area contributed by atoms with Crippen molar-refractivity contribution in [2.24, 2.45) is 0 Å². The summed E-state index contributed by atoms with van der Waals surface area (Å²) in [6.45, 7) is 4.86. The molecule has 154 valence electrons. The molecule has 0 unspecified atom stereocenters. The van der Waals surface area contributed by atoms with Gasteiger partial charge in [-0.05, 0) is 38.5 Å². The molecule has 0 bridgehead atoms. The number of carbonyl (C=O) groups is 3. The van der Waals surface area contributed by atoms with Gasteiger partial charge in [0.2, 0.25) is 11.7 Å². The van der Waals surface area contributed by atoms with Gasteiger partial charge in [0, 0.05) is 28.2 Å². The van der Waals surface area contributed by atoms with Crippen molar-refractivity contribution in [1.82, 2.24) is 10.3 Å². The summed E-state index contributed by atoms with van der Waals surface area (Å²) in [6, 6.07) is 15.9. The van der Waals surface area contributed by atoms with E-state index in [0.717, 1.165) is 22.2 Å². The van der Waals surface area contributed by atoms with Gasteiger partial charge >= 0.3 is 5.97 Å². The maximum absolute atomic E-state index is 12.9. The number of para-hydroxylation sites is 1. The zero-order valence-corrected chi connectivity index (χ0v) is 17.1. The highest BCUT2D eigenvalue weighted by atomic mass is 16.5. The van der Waals surface area contributed by atoms with Crippen molar-refractivity contribution >= 4 is 34.6 Å². The number of esters is 1. The molecule has 6 heteroatoms. The molecule has 3 rings (SSSR count). The van der Waals surface area contributed by atoms with E-state index in [1.807, 2.05) is 61.5 Å². The van der Waals surface area contributed by atoms with Crippen LogP contribution in [-0.4, -0.2) is 34.8 Å². The number of carbonyl (C=O) groups excluding carboxylic acids is 3. The zero-order chi connectivity index (χ0) is 21.7. The summed E-state index contributed by atoms with van der Waals surface area (Å²) in [5.41, 5.74) is 2.95. The molecule has 0 aliphatic rings. The number of hydrogen-bond donors (Lipinski definition) is 2. The van der Waals surface area contributed by atoms with Crippen molar-refractivity contribution < 1.29 is 19.1 Å². The maximum Gasteiger partial charge on any atom is 0.329 e. The van der Waals surface area contributed by atoms with Gasteiger partial charge in [-0.15, -0.1) is 0 Å². The van der Waals surface area contributed by atoms with E-state index in [0.29, 0.717) is 5.56 Å². The molecule has 30 heavy (non-hydrogen) atoms. The first-order valence-electron chi connectivity index (χ1n) is 9.72. The smallest absolute Gasteiger partial charge is 0.329 e. The first-order chi connectivity index (χ1) is 14.4. The number of amides is 1. The lowest BCUT2D eigenvalue weighted by molar-refractivity contribution is -0.149. The zero-order valence-electron chi connectivity index (χ0n) is 17.1. The Balaban J connectivity index is 1.60. The number of benzene rings is 2. The Bertz CT molecular complexity index is 1100. The van der Waals surface area contributed by atoms with Crippen LogP contribution < -0.4 is 5.32 Å². The average Bonchev–Trinajstić information content (AvgIpc) is 3.07. The molecule has 1 heterocycles. The minimum atomic E-state index is -0.977. The quantitative estimate of drug-likeness (QED) is 0.356. The summed E-state index contributed by atoms with van der Waals surface area (Å²) in [5.74, 6) is -1.38. The molecule has 0 aliphatic heterocycles. The summed E-state index contributed by atoms with van der Waals surface area (Å²) in [7, 11) is 0. The molecule has 0 aliphatic carbocycles. The molecule has 6 nitrogen and oxygen atoms in total. The number of aryl methyl sites for hydroxylation is 1. The number of ketones is 1.